The number of nitrogens with zero attached hydrogens (tertiary/aromatic N) is 2. The third-order valence-electron chi connectivity index (χ3n) is 2.63. The van der Waals surface area contributed by atoms with Gasteiger partial charge in [0.05, 0.1) is 12.2 Å². The molecular weight excluding hydrogens is 236 g/mol. The molecule has 0 bridgehead atoms. The Hall–Kier alpha value is -2.04. The van der Waals surface area contributed by atoms with E-state index in [-0.39, 0.29) is 6.04 Å². The molecule has 0 aliphatic carbocycles. The fraction of sp³-hybridized carbons (Fsp3) is 0.231. The maximum atomic E-state index is 13.7. The summed E-state index contributed by atoms with van der Waals surface area (Å²) in [4.78, 5) is 7.97. The lowest BCUT2D eigenvalue weighted by Gasteiger charge is -2.18. The second-order valence-corrected chi connectivity index (χ2v) is 3.86. The first kappa shape index (κ1) is 12.4. The molecule has 5 heteroatoms. The average molecular weight is 249 g/mol. The molecule has 0 aliphatic heterocycles. The lowest BCUT2D eigenvalue weighted by molar-refractivity contribution is 0.566. The summed E-state index contributed by atoms with van der Waals surface area (Å²) in [6.07, 6.45) is 5.24. The molecule has 0 spiro atoms. The molecule has 2 rings (SSSR count). The van der Waals surface area contributed by atoms with E-state index in [0.717, 1.165) is 12.1 Å². The zero-order chi connectivity index (χ0) is 13.0. The van der Waals surface area contributed by atoms with Crippen molar-refractivity contribution in [2.45, 2.75) is 19.4 Å². The van der Waals surface area contributed by atoms with Crippen LogP contribution in [0, 0.1) is 11.6 Å². The third kappa shape index (κ3) is 2.80. The highest BCUT2D eigenvalue weighted by atomic mass is 19.1. The summed E-state index contributed by atoms with van der Waals surface area (Å²) >= 11 is 0. The first-order valence-corrected chi connectivity index (χ1v) is 5.68. The molecule has 1 N–H and O–H groups in total. The predicted octanol–water partition coefficient (Wildman–Crippen LogP) is 3.32. The molecule has 3 nitrogen and oxygen atoms in total. The van der Waals surface area contributed by atoms with Gasteiger partial charge < -0.3 is 5.32 Å². The number of anilines is 1. The molecule has 1 atom stereocenters. The van der Waals surface area contributed by atoms with E-state index >= 15 is 0 Å². The summed E-state index contributed by atoms with van der Waals surface area (Å²) in [6, 6.07) is 3.10. The summed E-state index contributed by atoms with van der Waals surface area (Å²) in [5.74, 6) is -0.349. The molecule has 0 saturated heterocycles. The molecule has 1 aromatic heterocycles. The SMILES string of the molecule is CCC(Nc1cnccn1)c1cc(F)ccc1F. The fourth-order valence-corrected chi connectivity index (χ4v) is 1.73. The van der Waals surface area contributed by atoms with Gasteiger partial charge in [-0.1, -0.05) is 6.92 Å². The zero-order valence-electron chi connectivity index (χ0n) is 9.90. The van der Waals surface area contributed by atoms with Crippen LogP contribution in [0.15, 0.2) is 36.8 Å². The van der Waals surface area contributed by atoms with Crippen molar-refractivity contribution < 1.29 is 8.78 Å². The van der Waals surface area contributed by atoms with Crippen molar-refractivity contribution in [3.8, 4) is 0 Å². The Morgan fingerprint density at radius 3 is 2.78 bits per heavy atom. The van der Waals surface area contributed by atoms with Gasteiger partial charge in [-0.15, -0.1) is 0 Å². The van der Waals surface area contributed by atoms with Crippen molar-refractivity contribution in [2.24, 2.45) is 0 Å². The largest absolute Gasteiger partial charge is 0.362 e. The molecule has 1 aromatic carbocycles. The quantitative estimate of drug-likeness (QED) is 0.903. The molecule has 2 aromatic rings. The van der Waals surface area contributed by atoms with E-state index < -0.39 is 11.6 Å². The number of nitrogens with one attached hydrogen (secondary N) is 1. The van der Waals surface area contributed by atoms with Gasteiger partial charge in [-0.25, -0.2) is 13.8 Å². The van der Waals surface area contributed by atoms with Crippen LogP contribution < -0.4 is 5.32 Å². The van der Waals surface area contributed by atoms with Crippen LogP contribution >= 0.6 is 0 Å². The van der Waals surface area contributed by atoms with Crippen LogP contribution in [0.1, 0.15) is 24.9 Å². The Bertz CT molecular complexity index is 517. The van der Waals surface area contributed by atoms with E-state index in [4.69, 9.17) is 0 Å². The maximum Gasteiger partial charge on any atom is 0.144 e. The minimum Gasteiger partial charge on any atom is -0.362 e. The van der Waals surface area contributed by atoms with E-state index in [0.29, 0.717) is 17.8 Å². The Labute approximate surface area is 104 Å². The zero-order valence-corrected chi connectivity index (χ0v) is 9.90. The molecule has 0 radical (unpaired) electrons. The smallest absolute Gasteiger partial charge is 0.144 e. The minimum atomic E-state index is -0.453. The van der Waals surface area contributed by atoms with Gasteiger partial charge in [-0.05, 0) is 24.6 Å². The van der Waals surface area contributed by atoms with Crippen LogP contribution in [0.25, 0.3) is 0 Å². The molecule has 0 saturated carbocycles. The first-order valence-electron chi connectivity index (χ1n) is 5.68. The normalized spacial score (nSPS) is 12.2. The van der Waals surface area contributed by atoms with Gasteiger partial charge in [0, 0.05) is 18.0 Å². The van der Waals surface area contributed by atoms with E-state index in [1.165, 1.54) is 12.3 Å². The van der Waals surface area contributed by atoms with E-state index in [1.807, 2.05) is 6.92 Å². The number of aromatic nitrogens is 2. The Morgan fingerprint density at radius 1 is 1.28 bits per heavy atom. The molecule has 0 amide bonds. The van der Waals surface area contributed by atoms with Gasteiger partial charge in [0.25, 0.3) is 0 Å². The Kier molecular flexibility index (Phi) is 3.82. The van der Waals surface area contributed by atoms with Crippen molar-refractivity contribution in [1.82, 2.24) is 9.97 Å². The highest BCUT2D eigenvalue weighted by Crippen LogP contribution is 2.24. The Balaban J connectivity index is 2.26. The van der Waals surface area contributed by atoms with Crippen LogP contribution in [-0.4, -0.2) is 9.97 Å². The van der Waals surface area contributed by atoms with Crippen molar-refractivity contribution in [3.63, 3.8) is 0 Å². The van der Waals surface area contributed by atoms with Crippen LogP contribution in [-0.2, 0) is 0 Å². The summed E-state index contributed by atoms with van der Waals surface area (Å²) < 4.78 is 26.8. The molecule has 18 heavy (non-hydrogen) atoms. The summed E-state index contributed by atoms with van der Waals surface area (Å²) in [5.41, 5.74) is 0.295. The third-order valence-corrected chi connectivity index (χ3v) is 2.63. The number of rotatable bonds is 4. The summed E-state index contributed by atoms with van der Waals surface area (Å²) in [5, 5.41) is 3.03. The second kappa shape index (κ2) is 5.53. The number of benzene rings is 1. The van der Waals surface area contributed by atoms with Gasteiger partial charge >= 0.3 is 0 Å². The van der Waals surface area contributed by atoms with Crippen LogP contribution in [0.3, 0.4) is 0 Å². The van der Waals surface area contributed by atoms with Crippen LogP contribution in [0.4, 0.5) is 14.6 Å². The van der Waals surface area contributed by atoms with Gasteiger partial charge in [0.1, 0.15) is 17.5 Å². The Morgan fingerprint density at radius 2 is 2.11 bits per heavy atom. The van der Waals surface area contributed by atoms with Gasteiger partial charge in [-0.3, -0.25) is 4.98 Å². The minimum absolute atomic E-state index is 0.295. The summed E-state index contributed by atoms with van der Waals surface area (Å²) in [7, 11) is 0. The van der Waals surface area contributed by atoms with Crippen LogP contribution in [0.5, 0.6) is 0 Å². The lowest BCUT2D eigenvalue weighted by Crippen LogP contribution is -2.12. The van der Waals surface area contributed by atoms with E-state index in [9.17, 15) is 8.78 Å². The van der Waals surface area contributed by atoms with Crippen molar-refractivity contribution in [2.75, 3.05) is 5.32 Å². The first-order chi connectivity index (χ1) is 8.70. The van der Waals surface area contributed by atoms with Crippen molar-refractivity contribution in [3.05, 3.63) is 54.0 Å². The van der Waals surface area contributed by atoms with E-state index in [2.05, 4.69) is 15.3 Å². The monoisotopic (exact) mass is 249 g/mol. The molecule has 1 unspecified atom stereocenters. The highest BCUT2D eigenvalue weighted by Gasteiger charge is 2.15. The standard InChI is InChI=1S/C13H13F2N3/c1-2-12(18-13-8-16-5-6-17-13)10-7-9(14)3-4-11(10)15/h3-8,12H,2H2,1H3,(H,17,18). The average Bonchev–Trinajstić information content (AvgIpc) is 2.40. The highest BCUT2D eigenvalue weighted by molar-refractivity contribution is 5.36. The molecule has 0 fully saturated rings. The van der Waals surface area contributed by atoms with E-state index in [1.54, 1.807) is 12.4 Å². The van der Waals surface area contributed by atoms with Crippen molar-refractivity contribution in [1.29, 1.82) is 0 Å². The molecule has 94 valence electrons. The van der Waals surface area contributed by atoms with Gasteiger partial charge in [0.15, 0.2) is 0 Å². The van der Waals surface area contributed by atoms with Gasteiger partial charge in [-0.2, -0.15) is 0 Å². The molecular formula is C13H13F2N3. The lowest BCUT2D eigenvalue weighted by atomic mass is 10.0. The summed E-state index contributed by atoms with van der Waals surface area (Å²) in [6.45, 7) is 1.89. The molecule has 1 heterocycles. The predicted molar refractivity (Wildman–Crippen MR) is 65.0 cm³/mol. The second-order valence-electron chi connectivity index (χ2n) is 3.86. The number of halogens is 2. The molecule has 0 aliphatic rings. The van der Waals surface area contributed by atoms with Crippen LogP contribution in [0.2, 0.25) is 0 Å². The maximum absolute atomic E-state index is 13.7. The number of hydrogen-bond donors (Lipinski definition) is 1. The van der Waals surface area contributed by atoms with Crippen molar-refractivity contribution >= 4 is 5.82 Å². The topological polar surface area (TPSA) is 37.8 Å². The fourth-order valence-electron chi connectivity index (χ4n) is 1.73. The number of hydrogen-bond acceptors (Lipinski definition) is 3. The van der Waals surface area contributed by atoms with Gasteiger partial charge in [0.2, 0.25) is 0 Å².